The fraction of sp³-hybridized carbons (Fsp3) is 0.200. The van der Waals surface area contributed by atoms with Gasteiger partial charge in [-0.1, -0.05) is 6.07 Å². The average Bonchev–Trinajstić information content (AvgIpc) is 2.18. The molecule has 0 heterocycles. The second-order valence-electron chi connectivity index (χ2n) is 3.11. The molecule has 0 aliphatic heterocycles. The Kier molecular flexibility index (Phi) is 3.28. The quantitative estimate of drug-likeness (QED) is 0.548. The number of carbonyl (C=O) groups is 2. The highest BCUT2D eigenvalue weighted by Crippen LogP contribution is 2.13. The number of rotatable bonds is 3. The minimum absolute atomic E-state index is 0.305. The summed E-state index contributed by atoms with van der Waals surface area (Å²) in [6, 6.07) is 4.78. The number of primary amides is 1. The van der Waals surface area contributed by atoms with Crippen molar-refractivity contribution in [3.05, 3.63) is 29.3 Å². The predicted molar refractivity (Wildman–Crippen MR) is 55.1 cm³/mol. The molecule has 4 N–H and O–H groups in total. The number of amides is 1. The number of carbonyl (C=O) groups excluding carboxylic acids is 2. The summed E-state index contributed by atoms with van der Waals surface area (Å²) in [5, 5.41) is 0. The number of hydrogen-bond donors (Lipinski definition) is 2. The van der Waals surface area contributed by atoms with Gasteiger partial charge in [0.05, 0.1) is 5.56 Å². The zero-order chi connectivity index (χ0) is 11.4. The van der Waals surface area contributed by atoms with Gasteiger partial charge in [-0.05, 0) is 24.6 Å². The van der Waals surface area contributed by atoms with Crippen LogP contribution in [0, 0.1) is 6.92 Å². The van der Waals surface area contributed by atoms with Gasteiger partial charge in [0.1, 0.15) is 0 Å². The largest absolute Gasteiger partial charge is 0.452 e. The maximum absolute atomic E-state index is 11.3. The van der Waals surface area contributed by atoms with Crippen LogP contribution in [0.25, 0.3) is 0 Å². The van der Waals surface area contributed by atoms with Gasteiger partial charge in [0.2, 0.25) is 0 Å². The van der Waals surface area contributed by atoms with Crippen molar-refractivity contribution in [2.75, 3.05) is 12.3 Å². The van der Waals surface area contributed by atoms with Crippen LogP contribution < -0.4 is 11.5 Å². The van der Waals surface area contributed by atoms with Crippen LogP contribution in [0.15, 0.2) is 18.2 Å². The summed E-state index contributed by atoms with van der Waals surface area (Å²) < 4.78 is 4.62. The molecule has 1 aromatic carbocycles. The standard InChI is InChI=1S/C10H12N2O3/c1-6-2-3-7(4-8(6)11)10(14)15-5-9(12)13/h2-4H,5,11H2,1H3,(H2,12,13). The number of benzene rings is 1. The lowest BCUT2D eigenvalue weighted by atomic mass is 10.1. The van der Waals surface area contributed by atoms with Gasteiger partial charge >= 0.3 is 5.97 Å². The van der Waals surface area contributed by atoms with E-state index in [1.807, 2.05) is 6.92 Å². The number of nitrogens with two attached hydrogens (primary N) is 2. The highest BCUT2D eigenvalue weighted by molar-refractivity contribution is 5.92. The normalized spacial score (nSPS) is 9.67. The Hall–Kier alpha value is -2.04. The van der Waals surface area contributed by atoms with E-state index in [1.165, 1.54) is 6.07 Å². The Morgan fingerprint density at radius 1 is 1.40 bits per heavy atom. The summed E-state index contributed by atoms with van der Waals surface area (Å²) in [6.45, 7) is 1.40. The molecule has 1 amide bonds. The van der Waals surface area contributed by atoms with E-state index in [1.54, 1.807) is 12.1 Å². The summed E-state index contributed by atoms with van der Waals surface area (Å²) >= 11 is 0. The summed E-state index contributed by atoms with van der Waals surface area (Å²) in [7, 11) is 0. The maximum atomic E-state index is 11.3. The zero-order valence-corrected chi connectivity index (χ0v) is 8.32. The molecule has 0 saturated carbocycles. The summed E-state index contributed by atoms with van der Waals surface area (Å²) in [6.07, 6.45) is 0. The van der Waals surface area contributed by atoms with Gasteiger partial charge < -0.3 is 16.2 Å². The molecular formula is C10H12N2O3. The van der Waals surface area contributed by atoms with Crippen LogP contribution in [0.2, 0.25) is 0 Å². The van der Waals surface area contributed by atoms with Crippen molar-refractivity contribution in [2.24, 2.45) is 5.73 Å². The lowest BCUT2D eigenvalue weighted by Crippen LogP contribution is -2.21. The molecule has 0 saturated heterocycles. The van der Waals surface area contributed by atoms with Crippen LogP contribution in [-0.4, -0.2) is 18.5 Å². The molecule has 15 heavy (non-hydrogen) atoms. The van der Waals surface area contributed by atoms with Gasteiger partial charge in [-0.25, -0.2) is 4.79 Å². The van der Waals surface area contributed by atoms with Crippen molar-refractivity contribution in [2.45, 2.75) is 6.92 Å². The Morgan fingerprint density at radius 2 is 2.07 bits per heavy atom. The number of esters is 1. The molecule has 0 spiro atoms. The van der Waals surface area contributed by atoms with Gasteiger partial charge in [-0.3, -0.25) is 4.79 Å². The molecule has 5 nitrogen and oxygen atoms in total. The van der Waals surface area contributed by atoms with Crippen molar-refractivity contribution in [3.8, 4) is 0 Å². The monoisotopic (exact) mass is 208 g/mol. The van der Waals surface area contributed by atoms with Crippen LogP contribution in [-0.2, 0) is 9.53 Å². The molecule has 0 unspecified atom stereocenters. The van der Waals surface area contributed by atoms with Gasteiger partial charge in [0.25, 0.3) is 5.91 Å². The van der Waals surface area contributed by atoms with Crippen LogP contribution in [0.1, 0.15) is 15.9 Å². The van der Waals surface area contributed by atoms with Crippen molar-refractivity contribution in [3.63, 3.8) is 0 Å². The summed E-state index contributed by atoms with van der Waals surface area (Å²) in [4.78, 5) is 21.7. The first kappa shape index (κ1) is 11.0. The first-order chi connectivity index (χ1) is 7.00. The average molecular weight is 208 g/mol. The minimum atomic E-state index is -0.691. The smallest absolute Gasteiger partial charge is 0.338 e. The third-order valence-corrected chi connectivity index (χ3v) is 1.86. The second kappa shape index (κ2) is 4.45. The Morgan fingerprint density at radius 3 is 2.60 bits per heavy atom. The molecule has 5 heteroatoms. The predicted octanol–water partition coefficient (Wildman–Crippen LogP) is 0.219. The van der Waals surface area contributed by atoms with E-state index < -0.39 is 18.5 Å². The Bertz CT molecular complexity index is 402. The Balaban J connectivity index is 2.74. The molecule has 0 atom stereocenters. The van der Waals surface area contributed by atoms with E-state index in [0.717, 1.165) is 5.56 Å². The highest BCUT2D eigenvalue weighted by Gasteiger charge is 2.09. The van der Waals surface area contributed by atoms with Crippen molar-refractivity contribution in [1.82, 2.24) is 0 Å². The lowest BCUT2D eigenvalue weighted by molar-refractivity contribution is -0.121. The number of aryl methyl sites for hydroxylation is 1. The molecule has 0 bridgehead atoms. The van der Waals surface area contributed by atoms with Crippen LogP contribution in [0.4, 0.5) is 5.69 Å². The van der Waals surface area contributed by atoms with Gasteiger partial charge in [-0.2, -0.15) is 0 Å². The molecule has 0 aliphatic carbocycles. The fourth-order valence-electron chi connectivity index (χ4n) is 0.987. The molecular weight excluding hydrogens is 196 g/mol. The summed E-state index contributed by atoms with van der Waals surface area (Å²) in [5.41, 5.74) is 12.1. The number of anilines is 1. The van der Waals surface area contributed by atoms with Crippen molar-refractivity contribution in [1.29, 1.82) is 0 Å². The molecule has 80 valence electrons. The third kappa shape index (κ3) is 2.98. The maximum Gasteiger partial charge on any atom is 0.338 e. The number of hydrogen-bond acceptors (Lipinski definition) is 4. The highest BCUT2D eigenvalue weighted by atomic mass is 16.5. The Labute approximate surface area is 87.0 Å². The molecule has 0 fully saturated rings. The van der Waals surface area contributed by atoms with Crippen molar-refractivity contribution >= 4 is 17.6 Å². The first-order valence-corrected chi connectivity index (χ1v) is 4.32. The lowest BCUT2D eigenvalue weighted by Gasteiger charge is -2.04. The molecule has 1 aromatic rings. The van der Waals surface area contributed by atoms with Gasteiger partial charge in [-0.15, -0.1) is 0 Å². The van der Waals surface area contributed by atoms with E-state index in [2.05, 4.69) is 4.74 Å². The van der Waals surface area contributed by atoms with Crippen LogP contribution in [0.3, 0.4) is 0 Å². The molecule has 0 radical (unpaired) electrons. The number of ether oxygens (including phenoxy) is 1. The second-order valence-corrected chi connectivity index (χ2v) is 3.11. The van der Waals surface area contributed by atoms with E-state index >= 15 is 0 Å². The minimum Gasteiger partial charge on any atom is -0.452 e. The van der Waals surface area contributed by atoms with E-state index in [0.29, 0.717) is 11.3 Å². The van der Waals surface area contributed by atoms with Gasteiger partial charge in [0.15, 0.2) is 6.61 Å². The van der Waals surface area contributed by atoms with Crippen LogP contribution in [0.5, 0.6) is 0 Å². The topological polar surface area (TPSA) is 95.4 Å². The molecule has 1 rings (SSSR count). The SMILES string of the molecule is Cc1ccc(C(=O)OCC(N)=O)cc1N. The van der Waals surface area contributed by atoms with E-state index in [-0.39, 0.29) is 0 Å². The number of nitrogen functional groups attached to an aromatic ring is 1. The van der Waals surface area contributed by atoms with Crippen LogP contribution >= 0.6 is 0 Å². The third-order valence-electron chi connectivity index (χ3n) is 1.86. The van der Waals surface area contributed by atoms with E-state index in [9.17, 15) is 9.59 Å². The first-order valence-electron chi connectivity index (χ1n) is 4.32. The van der Waals surface area contributed by atoms with E-state index in [4.69, 9.17) is 11.5 Å². The fourth-order valence-corrected chi connectivity index (χ4v) is 0.987. The zero-order valence-electron chi connectivity index (χ0n) is 8.32. The van der Waals surface area contributed by atoms with Crippen molar-refractivity contribution < 1.29 is 14.3 Å². The molecule has 0 aliphatic rings. The van der Waals surface area contributed by atoms with Gasteiger partial charge in [0, 0.05) is 5.69 Å². The molecule has 0 aromatic heterocycles. The summed E-state index contributed by atoms with van der Waals surface area (Å²) in [5.74, 6) is -1.30.